The van der Waals surface area contributed by atoms with Crippen LogP contribution in [0.3, 0.4) is 0 Å². The molecule has 0 bridgehead atoms. The normalized spacial score (nSPS) is 11.9. The zero-order valence-electron chi connectivity index (χ0n) is 27.1. The van der Waals surface area contributed by atoms with Gasteiger partial charge in [0.25, 0.3) is 0 Å². The maximum atomic E-state index is 6.62. The SMILES string of the molecule is c1ccc(-c2nc(-c3ccccc3)nc(-c3cc(-n4c5ccccc5c5cc6oc7ccccc7c6cc54)c4c(c3)oc3ccccc34)n2)cc1. The lowest BCUT2D eigenvalue weighted by molar-refractivity contribution is 0.668. The zero-order valence-corrected chi connectivity index (χ0v) is 27.1. The Balaban J connectivity index is 1.26. The Kier molecular flexibility index (Phi) is 5.86. The summed E-state index contributed by atoms with van der Waals surface area (Å²) in [6.07, 6.45) is 0. The quantitative estimate of drug-likeness (QED) is 0.189. The van der Waals surface area contributed by atoms with Crippen molar-refractivity contribution in [3.63, 3.8) is 0 Å². The summed E-state index contributed by atoms with van der Waals surface area (Å²) in [5.41, 5.74) is 9.12. The van der Waals surface area contributed by atoms with Crippen LogP contribution in [0, 0.1) is 0 Å². The van der Waals surface area contributed by atoms with Gasteiger partial charge in [-0.15, -0.1) is 0 Å². The molecule has 0 unspecified atom stereocenters. The number of benzene rings is 7. The molecule has 0 saturated carbocycles. The van der Waals surface area contributed by atoms with Crippen molar-refractivity contribution in [3.8, 4) is 39.9 Å². The molecule has 4 aromatic heterocycles. The molecular weight excluding hydrogens is 629 g/mol. The molecule has 0 fully saturated rings. The first kappa shape index (κ1) is 27.9. The van der Waals surface area contributed by atoms with Crippen LogP contribution in [0.15, 0.2) is 167 Å². The molecule has 6 heteroatoms. The average molecular weight is 655 g/mol. The van der Waals surface area contributed by atoms with Gasteiger partial charge in [0, 0.05) is 43.6 Å². The van der Waals surface area contributed by atoms with Crippen molar-refractivity contribution in [2.45, 2.75) is 0 Å². The minimum atomic E-state index is 0.565. The lowest BCUT2D eigenvalue weighted by Gasteiger charge is -2.13. The topological polar surface area (TPSA) is 69.9 Å². The molecule has 238 valence electrons. The molecule has 0 saturated heterocycles. The highest BCUT2D eigenvalue weighted by Gasteiger charge is 2.22. The number of para-hydroxylation sites is 3. The first-order valence-corrected chi connectivity index (χ1v) is 16.9. The standard InChI is InChI=1S/C45H26N4O2/c1-3-13-27(14-4-1)43-46-44(28-15-5-2-6-16-28)48-45(47-43)29-23-37(42-32-19-9-12-22-39(32)51-41(42)24-29)49-35-20-10-7-17-30(35)33-26-40-34(25-36(33)49)31-18-8-11-21-38(31)50-40/h1-26H. The molecule has 7 aromatic carbocycles. The smallest absolute Gasteiger partial charge is 0.164 e. The Morgan fingerprint density at radius 2 is 0.902 bits per heavy atom. The van der Waals surface area contributed by atoms with Gasteiger partial charge in [-0.05, 0) is 42.5 Å². The van der Waals surface area contributed by atoms with E-state index < -0.39 is 0 Å². The van der Waals surface area contributed by atoms with Crippen LogP contribution >= 0.6 is 0 Å². The first-order valence-electron chi connectivity index (χ1n) is 16.9. The Labute approximate surface area is 290 Å². The van der Waals surface area contributed by atoms with Gasteiger partial charge < -0.3 is 13.4 Å². The van der Waals surface area contributed by atoms with Crippen molar-refractivity contribution >= 4 is 65.7 Å². The molecule has 0 aliphatic heterocycles. The lowest BCUT2D eigenvalue weighted by atomic mass is 10.1. The minimum absolute atomic E-state index is 0.565. The molecule has 0 amide bonds. The van der Waals surface area contributed by atoms with Crippen molar-refractivity contribution in [3.05, 3.63) is 158 Å². The van der Waals surface area contributed by atoms with E-state index in [4.69, 9.17) is 23.8 Å². The molecule has 11 aromatic rings. The predicted octanol–water partition coefficient (Wildman–Crippen LogP) is 11.8. The predicted molar refractivity (Wildman–Crippen MR) is 205 cm³/mol. The van der Waals surface area contributed by atoms with E-state index in [1.165, 1.54) is 0 Å². The van der Waals surface area contributed by atoms with E-state index in [0.29, 0.717) is 17.5 Å². The fourth-order valence-corrected chi connectivity index (χ4v) is 7.52. The van der Waals surface area contributed by atoms with E-state index >= 15 is 0 Å². The van der Waals surface area contributed by atoms with Crippen LogP contribution in [0.5, 0.6) is 0 Å². The molecule has 0 aliphatic rings. The molecule has 6 nitrogen and oxygen atoms in total. The summed E-state index contributed by atoms with van der Waals surface area (Å²) in [5.74, 6) is 1.78. The molecule has 11 rings (SSSR count). The highest BCUT2D eigenvalue weighted by Crippen LogP contribution is 2.43. The highest BCUT2D eigenvalue weighted by molar-refractivity contribution is 6.19. The second-order valence-electron chi connectivity index (χ2n) is 12.8. The van der Waals surface area contributed by atoms with Crippen LogP contribution in [-0.4, -0.2) is 19.5 Å². The van der Waals surface area contributed by atoms with Crippen LogP contribution in [0.4, 0.5) is 0 Å². The first-order chi connectivity index (χ1) is 25.3. The summed E-state index contributed by atoms with van der Waals surface area (Å²) in [5, 5.41) is 6.48. The molecule has 0 N–H and O–H groups in total. The Morgan fingerprint density at radius 1 is 0.353 bits per heavy atom. The molecule has 0 radical (unpaired) electrons. The van der Waals surface area contributed by atoms with E-state index in [1.807, 2.05) is 84.9 Å². The number of aromatic nitrogens is 4. The summed E-state index contributed by atoms with van der Waals surface area (Å²) in [4.78, 5) is 15.1. The number of nitrogens with zero attached hydrogens (tertiary/aromatic N) is 4. The van der Waals surface area contributed by atoms with Crippen LogP contribution in [0.2, 0.25) is 0 Å². The van der Waals surface area contributed by atoms with Gasteiger partial charge >= 0.3 is 0 Å². The van der Waals surface area contributed by atoms with Crippen molar-refractivity contribution < 1.29 is 8.83 Å². The van der Waals surface area contributed by atoms with Gasteiger partial charge in [0.1, 0.15) is 22.3 Å². The Bertz CT molecular complexity index is 3080. The number of rotatable bonds is 4. The third-order valence-corrected chi connectivity index (χ3v) is 9.83. The van der Waals surface area contributed by atoms with Crippen LogP contribution < -0.4 is 0 Å². The number of hydrogen-bond donors (Lipinski definition) is 0. The van der Waals surface area contributed by atoms with Gasteiger partial charge in [0.2, 0.25) is 0 Å². The number of furan rings is 2. The second-order valence-corrected chi connectivity index (χ2v) is 12.8. The number of fused-ring (bicyclic) bond motifs is 9. The number of hydrogen-bond acceptors (Lipinski definition) is 5. The highest BCUT2D eigenvalue weighted by atomic mass is 16.3. The van der Waals surface area contributed by atoms with Gasteiger partial charge in [-0.25, -0.2) is 15.0 Å². The maximum absolute atomic E-state index is 6.62. The fourth-order valence-electron chi connectivity index (χ4n) is 7.52. The summed E-state index contributed by atoms with van der Waals surface area (Å²) >= 11 is 0. The lowest BCUT2D eigenvalue weighted by Crippen LogP contribution is -2.01. The van der Waals surface area contributed by atoms with E-state index in [-0.39, 0.29) is 0 Å². The van der Waals surface area contributed by atoms with Crippen LogP contribution in [0.1, 0.15) is 0 Å². The maximum Gasteiger partial charge on any atom is 0.164 e. The summed E-state index contributed by atoms with van der Waals surface area (Å²) in [7, 11) is 0. The van der Waals surface area contributed by atoms with Gasteiger partial charge in [0.05, 0.1) is 22.1 Å². The van der Waals surface area contributed by atoms with Gasteiger partial charge in [0.15, 0.2) is 17.5 Å². The average Bonchev–Trinajstić information content (AvgIpc) is 3.86. The van der Waals surface area contributed by atoms with Gasteiger partial charge in [-0.1, -0.05) is 115 Å². The summed E-state index contributed by atoms with van der Waals surface area (Å²) in [6.45, 7) is 0. The van der Waals surface area contributed by atoms with Crippen molar-refractivity contribution in [2.75, 3.05) is 0 Å². The van der Waals surface area contributed by atoms with E-state index in [0.717, 1.165) is 88.1 Å². The summed E-state index contributed by atoms with van der Waals surface area (Å²) < 4.78 is 15.3. The van der Waals surface area contributed by atoms with Gasteiger partial charge in [-0.2, -0.15) is 0 Å². The van der Waals surface area contributed by atoms with E-state index in [2.05, 4.69) is 77.4 Å². The molecule has 51 heavy (non-hydrogen) atoms. The van der Waals surface area contributed by atoms with Crippen molar-refractivity contribution in [1.29, 1.82) is 0 Å². The van der Waals surface area contributed by atoms with Crippen LogP contribution in [0.25, 0.3) is 106 Å². The van der Waals surface area contributed by atoms with E-state index in [9.17, 15) is 0 Å². The molecule has 4 heterocycles. The van der Waals surface area contributed by atoms with E-state index in [1.54, 1.807) is 0 Å². The molecule has 0 spiro atoms. The molecule has 0 atom stereocenters. The minimum Gasteiger partial charge on any atom is -0.456 e. The van der Waals surface area contributed by atoms with Gasteiger partial charge in [-0.3, -0.25) is 0 Å². The largest absolute Gasteiger partial charge is 0.456 e. The molecular formula is C45H26N4O2. The zero-order chi connectivity index (χ0) is 33.5. The van der Waals surface area contributed by atoms with Crippen molar-refractivity contribution in [1.82, 2.24) is 19.5 Å². The third-order valence-electron chi connectivity index (χ3n) is 9.83. The fraction of sp³-hybridized carbons (Fsp3) is 0. The third kappa shape index (κ3) is 4.26. The van der Waals surface area contributed by atoms with Crippen molar-refractivity contribution in [2.24, 2.45) is 0 Å². The second kappa shape index (κ2) is 10.7. The monoisotopic (exact) mass is 654 g/mol. The van der Waals surface area contributed by atoms with Crippen LogP contribution in [-0.2, 0) is 0 Å². The Morgan fingerprint density at radius 3 is 1.61 bits per heavy atom. The molecule has 0 aliphatic carbocycles. The summed E-state index contributed by atoms with van der Waals surface area (Å²) in [6, 6.07) is 53.8. The Hall–Kier alpha value is -7.05.